The molecule has 29 heavy (non-hydrogen) atoms. The molecule has 2 N–H and O–H groups in total. The lowest BCUT2D eigenvalue weighted by Crippen LogP contribution is -2.55. The van der Waals surface area contributed by atoms with E-state index >= 15 is 0 Å². The van der Waals surface area contributed by atoms with Crippen LogP contribution in [0.25, 0.3) is 0 Å². The van der Waals surface area contributed by atoms with E-state index in [0.29, 0.717) is 49.1 Å². The number of carbonyl (C=O) groups excluding carboxylic acids is 3. The molecule has 162 valence electrons. The third-order valence-electron chi connectivity index (χ3n) is 5.63. The lowest BCUT2D eigenvalue weighted by molar-refractivity contribution is -0.133. The Balaban J connectivity index is 2.06. The van der Waals surface area contributed by atoms with E-state index in [1.807, 2.05) is 37.1 Å². The lowest BCUT2D eigenvalue weighted by atomic mass is 9.88. The highest BCUT2D eigenvalue weighted by Gasteiger charge is 2.34. The van der Waals surface area contributed by atoms with Crippen LogP contribution in [0.5, 0.6) is 0 Å². The molecule has 1 aromatic rings. The van der Waals surface area contributed by atoms with E-state index in [4.69, 9.17) is 0 Å². The average molecular weight is 422 g/mol. The summed E-state index contributed by atoms with van der Waals surface area (Å²) < 4.78 is 0. The summed E-state index contributed by atoms with van der Waals surface area (Å²) >= 11 is 1.36. The van der Waals surface area contributed by atoms with Crippen LogP contribution < -0.4 is 10.6 Å². The molecular formula is C22H35N3O3S. The standard InChI is InChI=1S/C22H35N3O3S/c1-14(2)13-19(26)25-10-8-17(9-11-25)20(22(28)23-16(5)15(3)4)24-21(27)18-7-6-12-29-18/h6-7,12,14-17,20H,8-11,13H2,1-5H3,(H,23,28)(H,24,27)/t16-,20-/m0/s1. The molecule has 1 aromatic heterocycles. The molecule has 6 nitrogen and oxygen atoms in total. The van der Waals surface area contributed by atoms with E-state index < -0.39 is 6.04 Å². The van der Waals surface area contributed by atoms with Gasteiger partial charge in [-0.25, -0.2) is 0 Å². The number of nitrogens with zero attached hydrogens (tertiary/aromatic N) is 1. The van der Waals surface area contributed by atoms with Crippen LogP contribution in [0.4, 0.5) is 0 Å². The SMILES string of the molecule is CC(C)CC(=O)N1CCC([C@H](NC(=O)c2cccs2)C(=O)N[C@@H](C)C(C)C)CC1. The van der Waals surface area contributed by atoms with Crippen molar-refractivity contribution in [1.82, 2.24) is 15.5 Å². The van der Waals surface area contributed by atoms with E-state index in [-0.39, 0.29) is 29.7 Å². The summed E-state index contributed by atoms with van der Waals surface area (Å²) in [6.07, 6.45) is 1.97. The van der Waals surface area contributed by atoms with E-state index in [1.54, 1.807) is 6.07 Å². The summed E-state index contributed by atoms with van der Waals surface area (Å²) in [4.78, 5) is 40.5. The molecule has 1 aliphatic heterocycles. The minimum atomic E-state index is -0.590. The molecule has 1 aliphatic rings. The van der Waals surface area contributed by atoms with Crippen LogP contribution in [-0.4, -0.2) is 47.8 Å². The zero-order valence-corrected chi connectivity index (χ0v) is 19.1. The first-order chi connectivity index (χ1) is 13.7. The Labute approximate surface area is 178 Å². The topological polar surface area (TPSA) is 78.5 Å². The molecule has 1 fully saturated rings. The minimum absolute atomic E-state index is 0.0152. The van der Waals surface area contributed by atoms with Gasteiger partial charge in [0, 0.05) is 25.6 Å². The molecule has 0 unspecified atom stereocenters. The van der Waals surface area contributed by atoms with Crippen LogP contribution in [0.3, 0.4) is 0 Å². The summed E-state index contributed by atoms with van der Waals surface area (Å²) in [6.45, 7) is 11.4. The number of hydrogen-bond donors (Lipinski definition) is 2. The monoisotopic (exact) mass is 421 g/mol. The molecule has 0 saturated carbocycles. The van der Waals surface area contributed by atoms with Gasteiger partial charge in [-0.1, -0.05) is 33.8 Å². The van der Waals surface area contributed by atoms with Crippen molar-refractivity contribution in [3.05, 3.63) is 22.4 Å². The maximum atomic E-state index is 13.0. The third-order valence-corrected chi connectivity index (χ3v) is 6.50. The maximum absolute atomic E-state index is 13.0. The summed E-state index contributed by atoms with van der Waals surface area (Å²) in [7, 11) is 0. The second-order valence-electron chi connectivity index (χ2n) is 8.79. The van der Waals surface area contributed by atoms with Crippen molar-refractivity contribution in [3.63, 3.8) is 0 Å². The van der Waals surface area contributed by atoms with Crippen molar-refractivity contribution in [2.75, 3.05) is 13.1 Å². The van der Waals surface area contributed by atoms with Crippen molar-refractivity contribution < 1.29 is 14.4 Å². The molecule has 0 aliphatic carbocycles. The molecule has 2 heterocycles. The number of carbonyl (C=O) groups is 3. The van der Waals surface area contributed by atoms with Crippen LogP contribution in [0, 0.1) is 17.8 Å². The van der Waals surface area contributed by atoms with Crippen LogP contribution in [-0.2, 0) is 9.59 Å². The Hall–Kier alpha value is -1.89. The summed E-state index contributed by atoms with van der Waals surface area (Å²) in [5.41, 5.74) is 0. The first kappa shape index (κ1) is 23.4. The number of nitrogens with one attached hydrogen (secondary N) is 2. The predicted octanol–water partition coefficient (Wildman–Crippen LogP) is 3.29. The first-order valence-electron chi connectivity index (χ1n) is 10.6. The Morgan fingerprint density at radius 2 is 1.76 bits per heavy atom. The molecule has 2 atom stereocenters. The van der Waals surface area contributed by atoms with Gasteiger partial charge in [0.1, 0.15) is 6.04 Å². The van der Waals surface area contributed by atoms with Gasteiger partial charge in [-0.2, -0.15) is 0 Å². The lowest BCUT2D eigenvalue weighted by Gasteiger charge is -2.36. The summed E-state index contributed by atoms with van der Waals surface area (Å²) in [5, 5.41) is 7.87. The highest BCUT2D eigenvalue weighted by Crippen LogP contribution is 2.23. The summed E-state index contributed by atoms with van der Waals surface area (Å²) in [5.74, 6) is 0.486. The zero-order chi connectivity index (χ0) is 21.6. The second-order valence-corrected chi connectivity index (χ2v) is 9.73. The Bertz CT molecular complexity index is 679. The minimum Gasteiger partial charge on any atom is -0.352 e. The number of amides is 3. The fourth-order valence-electron chi connectivity index (χ4n) is 3.46. The van der Waals surface area contributed by atoms with E-state index in [2.05, 4.69) is 24.5 Å². The van der Waals surface area contributed by atoms with Crippen LogP contribution in [0.15, 0.2) is 17.5 Å². The molecule has 0 aromatic carbocycles. The quantitative estimate of drug-likeness (QED) is 0.676. The van der Waals surface area contributed by atoms with Gasteiger partial charge in [-0.15, -0.1) is 11.3 Å². The molecular weight excluding hydrogens is 386 g/mol. The van der Waals surface area contributed by atoms with Gasteiger partial charge in [0.05, 0.1) is 4.88 Å². The van der Waals surface area contributed by atoms with Gasteiger partial charge in [-0.05, 0) is 49.0 Å². The molecule has 0 radical (unpaired) electrons. The zero-order valence-electron chi connectivity index (χ0n) is 18.2. The van der Waals surface area contributed by atoms with E-state index in [1.165, 1.54) is 11.3 Å². The molecule has 2 rings (SSSR count). The Morgan fingerprint density at radius 3 is 2.28 bits per heavy atom. The maximum Gasteiger partial charge on any atom is 0.262 e. The van der Waals surface area contributed by atoms with Gasteiger partial charge >= 0.3 is 0 Å². The fraction of sp³-hybridized carbons (Fsp3) is 0.682. The van der Waals surface area contributed by atoms with Gasteiger partial charge in [0.15, 0.2) is 0 Å². The molecule has 0 spiro atoms. The van der Waals surface area contributed by atoms with Crippen molar-refractivity contribution in [2.45, 2.75) is 66.0 Å². The fourth-order valence-corrected chi connectivity index (χ4v) is 4.09. The van der Waals surface area contributed by atoms with Gasteiger partial charge in [-0.3, -0.25) is 14.4 Å². The largest absolute Gasteiger partial charge is 0.352 e. The molecule has 1 saturated heterocycles. The molecule has 0 bridgehead atoms. The highest BCUT2D eigenvalue weighted by molar-refractivity contribution is 7.12. The van der Waals surface area contributed by atoms with E-state index in [9.17, 15) is 14.4 Å². The van der Waals surface area contributed by atoms with E-state index in [0.717, 1.165) is 0 Å². The third kappa shape index (κ3) is 6.84. The average Bonchev–Trinajstić information content (AvgIpc) is 3.20. The van der Waals surface area contributed by atoms with Crippen molar-refractivity contribution in [1.29, 1.82) is 0 Å². The van der Waals surface area contributed by atoms with Gasteiger partial charge < -0.3 is 15.5 Å². The number of piperidine rings is 1. The van der Waals surface area contributed by atoms with Gasteiger partial charge in [0.25, 0.3) is 5.91 Å². The van der Waals surface area contributed by atoms with Crippen molar-refractivity contribution in [3.8, 4) is 0 Å². The number of thiophene rings is 1. The van der Waals surface area contributed by atoms with Crippen LogP contribution in [0.2, 0.25) is 0 Å². The number of rotatable bonds is 8. The van der Waals surface area contributed by atoms with Gasteiger partial charge in [0.2, 0.25) is 11.8 Å². The highest BCUT2D eigenvalue weighted by atomic mass is 32.1. The first-order valence-corrected chi connectivity index (χ1v) is 11.5. The Kier molecular flexibility index (Phi) is 8.68. The van der Waals surface area contributed by atoms with Crippen LogP contribution >= 0.6 is 11.3 Å². The molecule has 7 heteroatoms. The van der Waals surface area contributed by atoms with Crippen molar-refractivity contribution >= 4 is 29.1 Å². The van der Waals surface area contributed by atoms with Crippen molar-refractivity contribution in [2.24, 2.45) is 17.8 Å². The number of hydrogen-bond acceptors (Lipinski definition) is 4. The predicted molar refractivity (Wildman–Crippen MR) is 117 cm³/mol. The van der Waals surface area contributed by atoms with Crippen LogP contribution in [0.1, 0.15) is 63.6 Å². The normalized spacial score (nSPS) is 17.3. The Morgan fingerprint density at radius 1 is 1.10 bits per heavy atom. The second kappa shape index (κ2) is 10.8. The summed E-state index contributed by atoms with van der Waals surface area (Å²) in [6, 6.07) is 3.03. The smallest absolute Gasteiger partial charge is 0.262 e. The number of likely N-dealkylation sites (tertiary alicyclic amines) is 1. The molecule has 3 amide bonds.